The van der Waals surface area contributed by atoms with Gasteiger partial charge >= 0.3 is 23.9 Å². The van der Waals surface area contributed by atoms with Crippen LogP contribution < -0.4 is 0 Å². The molecular weight excluding hydrogens is 1100 g/mol. The Labute approximate surface area is 502 Å². The van der Waals surface area contributed by atoms with Gasteiger partial charge in [0.15, 0.2) is 0 Å². The maximum atomic E-state index is 12.1. The first-order valence-corrected chi connectivity index (χ1v) is 29.4. The molecular formula is C68H74N8O11. The molecule has 16 bridgehead atoms. The summed E-state index contributed by atoms with van der Waals surface area (Å²) in [5, 5.41) is 62.2. The Morgan fingerprint density at radius 3 is 1.16 bits per heavy atom. The Balaban J connectivity index is 1.18. The maximum absolute atomic E-state index is 12.1. The molecule has 10 heterocycles. The number of carbonyl (C=O) groups is 4. The number of carboxylic acid groups (broad SMARTS) is 4. The van der Waals surface area contributed by atoms with E-state index in [9.17, 15) is 49.8 Å². The van der Waals surface area contributed by atoms with E-state index in [1.165, 1.54) is 0 Å². The number of hydrogen-bond donors (Lipinski definition) is 10. The van der Waals surface area contributed by atoms with Crippen LogP contribution in [0.4, 0.5) is 0 Å². The van der Waals surface area contributed by atoms with E-state index < -0.39 is 48.3 Å². The van der Waals surface area contributed by atoms with Crippen molar-refractivity contribution in [2.24, 2.45) is 0 Å². The van der Waals surface area contributed by atoms with E-state index >= 15 is 0 Å². The van der Waals surface area contributed by atoms with Gasteiger partial charge in [0.2, 0.25) is 0 Å². The highest BCUT2D eigenvalue weighted by Gasteiger charge is 2.30. The van der Waals surface area contributed by atoms with Gasteiger partial charge in [-0.15, -0.1) is 0 Å². The number of rotatable bonds is 18. The molecule has 4 aliphatic heterocycles. The number of carboxylic acids is 4. The molecule has 87 heavy (non-hydrogen) atoms. The number of aliphatic hydroxyl groups is 2. The fourth-order valence-corrected chi connectivity index (χ4v) is 13.0. The second kappa shape index (κ2) is 24.0. The number of aromatic nitrogens is 8. The van der Waals surface area contributed by atoms with Gasteiger partial charge in [-0.05, 0) is 224 Å². The SMILES string of the molecule is CC1=C(CCC(=O)O)c2cc3nc(cc4[nH]c(cc5[nH]c(cc1n2)c(C)c5C(C)O)c(C)c4C(C)OC(C)C1=C(C)c2cc4nc(cc5[nH]c(cc6[nH]c(cc1n2)c(C)c6C(C)O)c(C)c5CCC(=O)O)C(CCC(=O)O)=C4C)C(C)=C3CCC(=O)O. The Morgan fingerprint density at radius 2 is 0.701 bits per heavy atom. The third kappa shape index (κ3) is 11.9. The number of aryl methyl sites for hydroxylation is 5. The molecule has 0 radical (unpaired) electrons. The average Bonchev–Trinajstić information content (AvgIpc) is 1.74. The van der Waals surface area contributed by atoms with Crippen molar-refractivity contribution in [3.63, 3.8) is 0 Å². The molecule has 19 heteroatoms. The lowest BCUT2D eigenvalue weighted by Gasteiger charge is -2.22. The van der Waals surface area contributed by atoms with Gasteiger partial charge in [0, 0.05) is 92.1 Å². The van der Waals surface area contributed by atoms with Crippen molar-refractivity contribution in [1.82, 2.24) is 39.9 Å². The summed E-state index contributed by atoms with van der Waals surface area (Å²) >= 11 is 0. The Morgan fingerprint density at radius 1 is 0.379 bits per heavy atom. The largest absolute Gasteiger partial charge is 0.481 e. The highest BCUT2D eigenvalue weighted by molar-refractivity contribution is 5.99. The van der Waals surface area contributed by atoms with Crippen LogP contribution in [0.3, 0.4) is 0 Å². The van der Waals surface area contributed by atoms with Gasteiger partial charge < -0.3 is 55.3 Å². The summed E-state index contributed by atoms with van der Waals surface area (Å²) in [7, 11) is 0. The minimum absolute atomic E-state index is 0.117. The van der Waals surface area contributed by atoms with Gasteiger partial charge in [-0.3, -0.25) is 19.2 Å². The number of nitrogens with zero attached hydrogens (tertiary/aromatic N) is 4. The summed E-state index contributed by atoms with van der Waals surface area (Å²) in [6, 6.07) is 15.3. The van der Waals surface area contributed by atoms with Crippen LogP contribution in [-0.4, -0.2) is 100 Å². The highest BCUT2D eigenvalue weighted by Crippen LogP contribution is 2.43. The lowest BCUT2D eigenvalue weighted by Crippen LogP contribution is -2.14. The number of fused-ring (bicyclic) bond motifs is 16. The molecule has 6 aromatic rings. The van der Waals surface area contributed by atoms with E-state index in [1.54, 1.807) is 13.8 Å². The zero-order chi connectivity index (χ0) is 62.8. The van der Waals surface area contributed by atoms with Crippen molar-refractivity contribution in [2.75, 3.05) is 0 Å². The molecule has 452 valence electrons. The van der Waals surface area contributed by atoms with Gasteiger partial charge in [-0.25, -0.2) is 19.9 Å². The van der Waals surface area contributed by atoms with Crippen LogP contribution in [0.25, 0.3) is 88.7 Å². The molecule has 6 aromatic heterocycles. The Hall–Kier alpha value is -9.04. The minimum atomic E-state index is -0.965. The van der Waals surface area contributed by atoms with Crippen LogP contribution in [0.1, 0.15) is 209 Å². The summed E-state index contributed by atoms with van der Waals surface area (Å²) in [5.41, 5.74) is 22.4. The molecule has 4 aliphatic rings. The zero-order valence-corrected chi connectivity index (χ0v) is 51.1. The smallest absolute Gasteiger partial charge is 0.303 e. The van der Waals surface area contributed by atoms with Crippen LogP contribution in [0.2, 0.25) is 0 Å². The number of ether oxygens (including phenoxy) is 1. The quantitative estimate of drug-likeness (QED) is 0.0382. The number of aliphatic carboxylic acids is 4. The van der Waals surface area contributed by atoms with E-state index in [0.29, 0.717) is 95.3 Å². The topological polar surface area (TPSA) is 314 Å². The van der Waals surface area contributed by atoms with E-state index in [4.69, 9.17) is 24.7 Å². The summed E-state index contributed by atoms with van der Waals surface area (Å²) in [4.78, 5) is 83.2. The first-order chi connectivity index (χ1) is 41.2. The molecule has 0 aliphatic carbocycles. The zero-order valence-electron chi connectivity index (χ0n) is 51.1. The van der Waals surface area contributed by atoms with E-state index in [0.717, 1.165) is 83.5 Å². The van der Waals surface area contributed by atoms with E-state index in [2.05, 4.69) is 19.9 Å². The van der Waals surface area contributed by atoms with Crippen molar-refractivity contribution in [1.29, 1.82) is 0 Å². The van der Waals surface area contributed by atoms with Gasteiger partial charge in [-0.2, -0.15) is 0 Å². The van der Waals surface area contributed by atoms with E-state index in [-0.39, 0.29) is 51.4 Å². The molecule has 10 N–H and O–H groups in total. The standard InChI is InChI=1S/C68H74N8O11/c1-29-41(13-17-61(79)80)53-28-56-44(16-20-64(85)86)32(4)48(72-56)24-59-68(36(8)52(76-59)25-58-65(37(9)77)33(5)49(73-58)21-45(29)69-53)40(12)87-39(11)67-35(7)50-22-46-30(2)42(14-18-62(81)82)54(70-46)27-55-43(15-19-63(83)84)31(3)47(71-55)23-57-66(38(10)78)34(6)51(74-57)26-60(67)75-50/h21-28,37-40,71,73-74,76-78H,13-20H2,1-12H3,(H,79,80)(H,81,82)(H,83,84)(H,85,86). The van der Waals surface area contributed by atoms with Crippen molar-refractivity contribution in [3.8, 4) is 0 Å². The third-order valence-corrected chi connectivity index (χ3v) is 17.7. The molecule has 4 unspecified atom stereocenters. The van der Waals surface area contributed by atoms with Crippen LogP contribution >= 0.6 is 0 Å². The number of aliphatic hydroxyl groups excluding tert-OH is 2. The average molecular weight is 1180 g/mol. The normalized spacial score (nSPS) is 15.0. The molecule has 0 spiro atoms. The maximum Gasteiger partial charge on any atom is 0.303 e. The van der Waals surface area contributed by atoms with Crippen molar-refractivity contribution in [3.05, 3.63) is 139 Å². The molecule has 0 amide bonds. The fraction of sp³-hybridized carbons (Fsp3) is 0.353. The van der Waals surface area contributed by atoms with E-state index in [1.807, 2.05) is 118 Å². The number of hydrogen-bond acceptors (Lipinski definition) is 11. The number of allylic oxidation sites excluding steroid dienone is 7. The Bertz CT molecular complexity index is 4420. The summed E-state index contributed by atoms with van der Waals surface area (Å²) in [6.45, 7) is 22.9. The number of aromatic amines is 4. The minimum Gasteiger partial charge on any atom is -0.481 e. The van der Waals surface area contributed by atoms with Gasteiger partial charge in [-0.1, -0.05) is 0 Å². The number of nitrogens with one attached hydrogen (secondary N) is 4. The van der Waals surface area contributed by atoms with Crippen LogP contribution in [0.5, 0.6) is 0 Å². The van der Waals surface area contributed by atoms with Gasteiger partial charge in [0.05, 0.1) is 70.0 Å². The lowest BCUT2D eigenvalue weighted by atomic mass is 9.98. The summed E-state index contributed by atoms with van der Waals surface area (Å²) in [6.07, 6.45) is -2.74. The Kier molecular flexibility index (Phi) is 16.9. The third-order valence-electron chi connectivity index (χ3n) is 17.7. The molecule has 0 saturated carbocycles. The predicted molar refractivity (Wildman–Crippen MR) is 338 cm³/mol. The van der Waals surface area contributed by atoms with Crippen LogP contribution in [0.15, 0.2) is 48.5 Å². The monoisotopic (exact) mass is 1180 g/mol. The first kappa shape index (κ1) is 61.1. The molecule has 0 saturated heterocycles. The molecule has 19 nitrogen and oxygen atoms in total. The van der Waals surface area contributed by atoms with Crippen LogP contribution in [0, 0.1) is 27.7 Å². The molecule has 0 fully saturated rings. The fourth-order valence-electron chi connectivity index (χ4n) is 13.0. The molecule has 10 rings (SSSR count). The van der Waals surface area contributed by atoms with Crippen molar-refractivity contribution < 1.29 is 54.6 Å². The van der Waals surface area contributed by atoms with Gasteiger partial charge in [0.25, 0.3) is 0 Å². The summed E-state index contributed by atoms with van der Waals surface area (Å²) < 4.78 is 7.26. The second-order valence-corrected chi connectivity index (χ2v) is 23.4. The predicted octanol–water partition coefficient (Wildman–Crippen LogP) is 13.8. The van der Waals surface area contributed by atoms with Crippen LogP contribution in [-0.2, 0) is 30.3 Å². The molecule has 4 atom stereocenters. The molecule has 0 aromatic carbocycles. The number of H-pyrrole nitrogens is 4. The highest BCUT2D eigenvalue weighted by atomic mass is 16.5. The van der Waals surface area contributed by atoms with Gasteiger partial charge in [0.1, 0.15) is 0 Å². The lowest BCUT2D eigenvalue weighted by molar-refractivity contribution is -0.137. The first-order valence-electron chi connectivity index (χ1n) is 29.4. The van der Waals surface area contributed by atoms with Crippen molar-refractivity contribution >= 4 is 113 Å². The van der Waals surface area contributed by atoms with Crippen molar-refractivity contribution in [2.45, 2.75) is 159 Å². The second-order valence-electron chi connectivity index (χ2n) is 23.4. The summed E-state index contributed by atoms with van der Waals surface area (Å²) in [5.74, 6) is -3.83.